The maximum absolute atomic E-state index is 12.5. The number of fused-ring (bicyclic) bond motifs is 1. The highest BCUT2D eigenvalue weighted by molar-refractivity contribution is 5.92. The van der Waals surface area contributed by atoms with Crippen LogP contribution in [0.25, 0.3) is 0 Å². The van der Waals surface area contributed by atoms with E-state index >= 15 is 0 Å². The number of benzene rings is 1. The molecule has 1 saturated heterocycles. The molecule has 3 heterocycles. The molecule has 2 aliphatic rings. The number of ether oxygens (including phenoxy) is 2. The van der Waals surface area contributed by atoms with Crippen LogP contribution in [0.2, 0.25) is 0 Å². The van der Waals surface area contributed by atoms with Gasteiger partial charge in [0.1, 0.15) is 5.69 Å². The smallest absolute Gasteiger partial charge is 0.271 e. The summed E-state index contributed by atoms with van der Waals surface area (Å²) in [7, 11) is 3.36. The lowest BCUT2D eigenvalue weighted by molar-refractivity contribution is 0.0594. The molecule has 0 spiro atoms. The summed E-state index contributed by atoms with van der Waals surface area (Å²) in [6.45, 7) is 3.55. The highest BCUT2D eigenvalue weighted by atomic mass is 16.5. The molecule has 0 atom stereocenters. The monoisotopic (exact) mass is 370 g/mol. The summed E-state index contributed by atoms with van der Waals surface area (Å²) >= 11 is 0. The molecule has 1 N–H and O–H groups in total. The average Bonchev–Trinajstić information content (AvgIpc) is 3.26. The van der Waals surface area contributed by atoms with Gasteiger partial charge < -0.3 is 19.4 Å². The normalized spacial score (nSPS) is 18.2. The highest BCUT2D eigenvalue weighted by Gasteiger charge is 2.30. The number of carbonyl (C=O) groups is 1. The summed E-state index contributed by atoms with van der Waals surface area (Å²) in [6, 6.07) is 4.73. The Balaban J connectivity index is 1.39. The van der Waals surface area contributed by atoms with Crippen molar-refractivity contribution in [3.8, 4) is 11.5 Å². The van der Waals surface area contributed by atoms with Crippen LogP contribution >= 0.6 is 0 Å². The highest BCUT2D eigenvalue weighted by Crippen LogP contribution is 2.34. The first-order valence-corrected chi connectivity index (χ1v) is 9.45. The Kier molecular flexibility index (Phi) is 5.03. The zero-order valence-corrected chi connectivity index (χ0v) is 15.9. The number of hydrogen-bond donors (Lipinski definition) is 1. The van der Waals surface area contributed by atoms with Gasteiger partial charge in [0.25, 0.3) is 5.91 Å². The second-order valence-electron chi connectivity index (χ2n) is 7.19. The van der Waals surface area contributed by atoms with Crippen LogP contribution in [0.4, 0.5) is 0 Å². The van der Waals surface area contributed by atoms with E-state index in [0.717, 1.165) is 56.9 Å². The van der Waals surface area contributed by atoms with Gasteiger partial charge >= 0.3 is 0 Å². The van der Waals surface area contributed by atoms with Gasteiger partial charge in [0.05, 0.1) is 26.7 Å². The molecule has 7 nitrogen and oxygen atoms in total. The van der Waals surface area contributed by atoms with E-state index in [-0.39, 0.29) is 5.91 Å². The second-order valence-corrected chi connectivity index (χ2v) is 7.19. The second kappa shape index (κ2) is 7.60. The van der Waals surface area contributed by atoms with Crippen LogP contribution in [0.1, 0.15) is 34.5 Å². The molecule has 4 rings (SSSR count). The fraction of sp³-hybridized carbons (Fsp3) is 0.500. The van der Waals surface area contributed by atoms with E-state index in [1.54, 1.807) is 26.7 Å². The van der Waals surface area contributed by atoms with Crippen LogP contribution in [0, 0.1) is 0 Å². The first-order valence-electron chi connectivity index (χ1n) is 9.45. The molecule has 27 heavy (non-hydrogen) atoms. The minimum Gasteiger partial charge on any atom is -0.493 e. The summed E-state index contributed by atoms with van der Waals surface area (Å²) in [4.78, 5) is 23.8. The van der Waals surface area contributed by atoms with E-state index in [1.807, 2.05) is 4.90 Å². The maximum Gasteiger partial charge on any atom is 0.271 e. The lowest BCUT2D eigenvalue weighted by atomic mass is 9.94. The average molecular weight is 370 g/mol. The third-order valence-corrected chi connectivity index (χ3v) is 5.74. The van der Waals surface area contributed by atoms with Gasteiger partial charge in [0.2, 0.25) is 0 Å². The third kappa shape index (κ3) is 3.51. The Morgan fingerprint density at radius 1 is 1.11 bits per heavy atom. The molecule has 1 aromatic carbocycles. The number of carbonyl (C=O) groups excluding carboxylic acids is 1. The van der Waals surface area contributed by atoms with Crippen LogP contribution in [-0.4, -0.2) is 65.6 Å². The minimum absolute atomic E-state index is 0.0479. The number of methoxy groups -OCH3 is 2. The molecule has 0 aliphatic carbocycles. The Labute approximate surface area is 159 Å². The first-order chi connectivity index (χ1) is 13.2. The van der Waals surface area contributed by atoms with Crippen molar-refractivity contribution in [1.82, 2.24) is 19.8 Å². The molecule has 2 aromatic rings. The van der Waals surface area contributed by atoms with Gasteiger partial charge in [0.15, 0.2) is 11.5 Å². The minimum atomic E-state index is 0.0479. The van der Waals surface area contributed by atoms with E-state index in [1.165, 1.54) is 11.1 Å². The number of amides is 1. The fourth-order valence-corrected chi connectivity index (χ4v) is 4.19. The Bertz CT molecular complexity index is 798. The number of nitrogens with one attached hydrogen (secondary N) is 1. The van der Waals surface area contributed by atoms with Crippen molar-refractivity contribution in [2.24, 2.45) is 0 Å². The van der Waals surface area contributed by atoms with Crippen molar-refractivity contribution < 1.29 is 14.3 Å². The predicted octanol–water partition coefficient (Wildman–Crippen LogP) is 2.09. The van der Waals surface area contributed by atoms with Crippen molar-refractivity contribution in [3.63, 3.8) is 0 Å². The molecule has 0 saturated carbocycles. The zero-order valence-electron chi connectivity index (χ0n) is 15.9. The third-order valence-electron chi connectivity index (χ3n) is 5.74. The van der Waals surface area contributed by atoms with E-state index in [2.05, 4.69) is 27.0 Å². The van der Waals surface area contributed by atoms with Crippen molar-refractivity contribution in [3.05, 3.63) is 41.5 Å². The lowest BCUT2D eigenvalue weighted by Gasteiger charge is -2.40. The number of rotatable bonds is 4. The van der Waals surface area contributed by atoms with E-state index < -0.39 is 0 Å². The standard InChI is InChI=1S/C20H26N4O3/c1-26-18-9-14-3-6-24(12-15(14)10-19(18)27-2)16-4-7-23(8-5-16)20(25)17-11-21-13-22-17/h9-11,13,16H,3-8,12H2,1-2H3,(H,21,22). The lowest BCUT2D eigenvalue weighted by Crippen LogP contribution is -2.48. The number of piperidine rings is 1. The molecule has 0 radical (unpaired) electrons. The molecular formula is C20H26N4O3. The van der Waals surface area contributed by atoms with Crippen LogP contribution < -0.4 is 9.47 Å². The summed E-state index contributed by atoms with van der Waals surface area (Å²) < 4.78 is 10.9. The van der Waals surface area contributed by atoms with Crippen LogP contribution in [-0.2, 0) is 13.0 Å². The summed E-state index contributed by atoms with van der Waals surface area (Å²) in [5.74, 6) is 1.64. The topological polar surface area (TPSA) is 70.7 Å². The largest absolute Gasteiger partial charge is 0.493 e. The number of nitrogens with zero attached hydrogens (tertiary/aromatic N) is 3. The van der Waals surface area contributed by atoms with Crippen LogP contribution in [0.3, 0.4) is 0 Å². The van der Waals surface area contributed by atoms with Crippen molar-refractivity contribution in [2.75, 3.05) is 33.9 Å². The van der Waals surface area contributed by atoms with Crippen LogP contribution in [0.15, 0.2) is 24.7 Å². The Morgan fingerprint density at radius 3 is 2.44 bits per heavy atom. The van der Waals surface area contributed by atoms with E-state index in [0.29, 0.717) is 11.7 Å². The molecule has 1 fully saturated rings. The SMILES string of the molecule is COc1cc2c(cc1OC)CN(C1CCN(C(=O)c3cnc[nH]3)CC1)CC2. The van der Waals surface area contributed by atoms with Gasteiger partial charge in [0, 0.05) is 32.2 Å². The van der Waals surface area contributed by atoms with E-state index in [4.69, 9.17) is 9.47 Å². The predicted molar refractivity (Wildman–Crippen MR) is 101 cm³/mol. The van der Waals surface area contributed by atoms with Crippen molar-refractivity contribution >= 4 is 5.91 Å². The molecular weight excluding hydrogens is 344 g/mol. The Hall–Kier alpha value is -2.54. The van der Waals surface area contributed by atoms with E-state index in [9.17, 15) is 4.79 Å². The number of likely N-dealkylation sites (tertiary alicyclic amines) is 1. The number of aromatic nitrogens is 2. The van der Waals surface area contributed by atoms with Gasteiger partial charge in [-0.25, -0.2) is 4.98 Å². The van der Waals surface area contributed by atoms with Gasteiger partial charge in [-0.2, -0.15) is 0 Å². The van der Waals surface area contributed by atoms with Crippen molar-refractivity contribution in [1.29, 1.82) is 0 Å². The number of aromatic amines is 1. The number of hydrogen-bond acceptors (Lipinski definition) is 5. The molecule has 2 aliphatic heterocycles. The van der Waals surface area contributed by atoms with Gasteiger partial charge in [-0.15, -0.1) is 0 Å². The summed E-state index contributed by atoms with van der Waals surface area (Å²) in [5, 5.41) is 0. The fourth-order valence-electron chi connectivity index (χ4n) is 4.19. The van der Waals surface area contributed by atoms with Gasteiger partial charge in [-0.05, 0) is 42.5 Å². The van der Waals surface area contributed by atoms with Gasteiger partial charge in [-0.3, -0.25) is 9.69 Å². The molecule has 0 unspecified atom stereocenters. The summed E-state index contributed by atoms with van der Waals surface area (Å²) in [6.07, 6.45) is 6.17. The molecule has 0 bridgehead atoms. The van der Waals surface area contributed by atoms with Gasteiger partial charge in [-0.1, -0.05) is 0 Å². The maximum atomic E-state index is 12.5. The van der Waals surface area contributed by atoms with Crippen LogP contribution in [0.5, 0.6) is 11.5 Å². The molecule has 1 amide bonds. The quantitative estimate of drug-likeness (QED) is 0.892. The van der Waals surface area contributed by atoms with Crippen molar-refractivity contribution in [2.45, 2.75) is 31.8 Å². The summed E-state index contributed by atoms with van der Waals surface area (Å²) in [5.41, 5.74) is 3.23. The first kappa shape index (κ1) is 17.9. The molecule has 144 valence electrons. The molecule has 7 heteroatoms. The Morgan fingerprint density at radius 2 is 1.81 bits per heavy atom. The molecule has 1 aromatic heterocycles. The number of H-pyrrole nitrogens is 1. The zero-order chi connectivity index (χ0) is 18.8. The number of imidazole rings is 1.